The number of hydrogen-bond donors (Lipinski definition) is 1. The molecule has 0 radical (unpaired) electrons. The molecule has 3 rings (SSSR count). The van der Waals surface area contributed by atoms with Gasteiger partial charge in [-0.15, -0.1) is 12.6 Å². The van der Waals surface area contributed by atoms with Gasteiger partial charge in [-0.05, 0) is 30.3 Å². The lowest BCUT2D eigenvalue weighted by Gasteiger charge is -2.26. The van der Waals surface area contributed by atoms with Gasteiger partial charge in [0.25, 0.3) is 5.56 Å². The van der Waals surface area contributed by atoms with Crippen LogP contribution in [-0.4, -0.2) is 4.68 Å². The zero-order valence-electron chi connectivity index (χ0n) is 11.3. The minimum Gasteiger partial charge on any atom is -0.267 e. The van der Waals surface area contributed by atoms with E-state index in [2.05, 4.69) is 12.6 Å². The number of benzene rings is 2. The summed E-state index contributed by atoms with van der Waals surface area (Å²) in [5.41, 5.74) is 1.70. The van der Waals surface area contributed by atoms with Gasteiger partial charge in [0.1, 0.15) is 0 Å². The number of aromatic nitrogens is 1. The van der Waals surface area contributed by atoms with Crippen LogP contribution < -0.4 is 10.6 Å². The van der Waals surface area contributed by atoms with Gasteiger partial charge in [0.05, 0.1) is 11.4 Å². The molecule has 0 unspecified atom stereocenters. The monoisotopic (exact) mass is 294 g/mol. The molecule has 3 aromatic rings. The van der Waals surface area contributed by atoms with E-state index in [1.54, 1.807) is 16.9 Å². The van der Waals surface area contributed by atoms with Crippen LogP contribution in [-0.2, 0) is 0 Å². The van der Waals surface area contributed by atoms with Crippen LogP contribution in [0.2, 0.25) is 0 Å². The maximum Gasteiger partial charge on any atom is 0.270 e. The fourth-order valence-electron chi connectivity index (χ4n) is 2.16. The van der Waals surface area contributed by atoms with Crippen molar-refractivity contribution in [1.29, 1.82) is 0 Å². The summed E-state index contributed by atoms with van der Waals surface area (Å²) in [6.45, 7) is 0. The van der Waals surface area contributed by atoms with Crippen LogP contribution in [0.1, 0.15) is 0 Å². The SMILES string of the molecule is O=c1cc(S)ccn1N(c1ccccc1)c1ccccc1. The molecule has 0 spiro atoms. The Labute approximate surface area is 128 Å². The molecule has 0 amide bonds. The van der Waals surface area contributed by atoms with E-state index in [9.17, 15) is 4.79 Å². The lowest BCUT2D eigenvalue weighted by atomic mass is 10.2. The third kappa shape index (κ3) is 2.85. The Hall–Kier alpha value is -2.46. The largest absolute Gasteiger partial charge is 0.270 e. The predicted molar refractivity (Wildman–Crippen MR) is 88.4 cm³/mol. The number of nitrogens with zero attached hydrogens (tertiary/aromatic N) is 2. The highest BCUT2D eigenvalue weighted by Crippen LogP contribution is 2.24. The highest BCUT2D eigenvalue weighted by atomic mass is 32.1. The first-order chi connectivity index (χ1) is 10.3. The summed E-state index contributed by atoms with van der Waals surface area (Å²) in [7, 11) is 0. The first-order valence-electron chi connectivity index (χ1n) is 6.58. The lowest BCUT2D eigenvalue weighted by molar-refractivity contribution is 0.769. The van der Waals surface area contributed by atoms with Gasteiger partial charge in [-0.1, -0.05) is 36.4 Å². The minimum atomic E-state index is -0.129. The van der Waals surface area contributed by atoms with Crippen molar-refractivity contribution in [2.75, 3.05) is 5.01 Å². The molecule has 1 aromatic heterocycles. The fraction of sp³-hybridized carbons (Fsp3) is 0. The van der Waals surface area contributed by atoms with Gasteiger partial charge in [0, 0.05) is 17.2 Å². The van der Waals surface area contributed by atoms with Crippen molar-refractivity contribution in [1.82, 2.24) is 4.68 Å². The van der Waals surface area contributed by atoms with E-state index < -0.39 is 0 Å². The van der Waals surface area contributed by atoms with Crippen molar-refractivity contribution in [3.05, 3.63) is 89.3 Å². The van der Waals surface area contributed by atoms with Crippen molar-refractivity contribution in [2.45, 2.75) is 4.90 Å². The van der Waals surface area contributed by atoms with Crippen LogP contribution in [0.5, 0.6) is 0 Å². The van der Waals surface area contributed by atoms with Gasteiger partial charge in [0.2, 0.25) is 0 Å². The zero-order valence-corrected chi connectivity index (χ0v) is 12.1. The van der Waals surface area contributed by atoms with Crippen molar-refractivity contribution >= 4 is 24.0 Å². The van der Waals surface area contributed by atoms with Crippen LogP contribution in [0.3, 0.4) is 0 Å². The molecular weight excluding hydrogens is 280 g/mol. The molecular formula is C17H14N2OS. The van der Waals surface area contributed by atoms with Crippen molar-refractivity contribution < 1.29 is 0 Å². The van der Waals surface area contributed by atoms with Crippen molar-refractivity contribution in [2.24, 2.45) is 0 Å². The summed E-state index contributed by atoms with van der Waals surface area (Å²) >= 11 is 4.21. The summed E-state index contributed by atoms with van der Waals surface area (Å²) in [5.74, 6) is 0. The number of pyridine rings is 1. The molecule has 3 nitrogen and oxygen atoms in total. The van der Waals surface area contributed by atoms with E-state index in [1.165, 1.54) is 6.07 Å². The average molecular weight is 294 g/mol. The molecule has 104 valence electrons. The second-order valence-electron chi connectivity index (χ2n) is 4.55. The van der Waals surface area contributed by atoms with Gasteiger partial charge in [-0.25, -0.2) is 9.69 Å². The lowest BCUT2D eigenvalue weighted by Crippen LogP contribution is -2.34. The van der Waals surface area contributed by atoms with Gasteiger partial charge >= 0.3 is 0 Å². The molecule has 0 saturated carbocycles. The molecule has 0 aliphatic carbocycles. The van der Waals surface area contributed by atoms with Gasteiger partial charge in [0.15, 0.2) is 0 Å². The zero-order chi connectivity index (χ0) is 14.7. The third-order valence-corrected chi connectivity index (χ3v) is 3.38. The summed E-state index contributed by atoms with van der Waals surface area (Å²) in [5, 5.41) is 1.87. The van der Waals surface area contributed by atoms with Crippen LogP contribution in [0.15, 0.2) is 88.7 Å². The number of hydrogen-bond acceptors (Lipinski definition) is 3. The molecule has 0 saturated heterocycles. The van der Waals surface area contributed by atoms with Crippen LogP contribution in [0.4, 0.5) is 11.4 Å². The van der Waals surface area contributed by atoms with Gasteiger partial charge < -0.3 is 0 Å². The van der Waals surface area contributed by atoms with E-state index in [4.69, 9.17) is 0 Å². The molecule has 0 bridgehead atoms. The predicted octanol–water partition coefficient (Wildman–Crippen LogP) is 3.74. The topological polar surface area (TPSA) is 25.2 Å². The quantitative estimate of drug-likeness (QED) is 0.745. The van der Waals surface area contributed by atoms with Gasteiger partial charge in [-0.2, -0.15) is 0 Å². The van der Waals surface area contributed by atoms with E-state index >= 15 is 0 Å². The highest BCUT2D eigenvalue weighted by molar-refractivity contribution is 7.80. The average Bonchev–Trinajstić information content (AvgIpc) is 2.52. The molecule has 2 aromatic carbocycles. The van der Waals surface area contributed by atoms with E-state index in [0.29, 0.717) is 4.90 Å². The molecule has 0 atom stereocenters. The third-order valence-electron chi connectivity index (χ3n) is 3.10. The first kappa shape index (κ1) is 13.5. The second kappa shape index (κ2) is 5.89. The summed E-state index contributed by atoms with van der Waals surface area (Å²) in [6, 6.07) is 22.9. The fourth-order valence-corrected chi connectivity index (χ4v) is 2.34. The first-order valence-corrected chi connectivity index (χ1v) is 7.02. The molecule has 0 aliphatic heterocycles. The van der Waals surface area contributed by atoms with Crippen LogP contribution in [0.25, 0.3) is 0 Å². The summed E-state index contributed by atoms with van der Waals surface area (Å²) in [6.07, 6.45) is 1.73. The smallest absolute Gasteiger partial charge is 0.267 e. The molecule has 0 aliphatic rings. The van der Waals surface area contributed by atoms with E-state index in [0.717, 1.165) is 11.4 Å². The Morgan fingerprint density at radius 1 is 0.810 bits per heavy atom. The molecule has 4 heteroatoms. The van der Waals surface area contributed by atoms with E-state index in [-0.39, 0.29) is 5.56 Å². The maximum atomic E-state index is 12.3. The molecule has 0 fully saturated rings. The van der Waals surface area contributed by atoms with Crippen molar-refractivity contribution in [3.63, 3.8) is 0 Å². The Kier molecular flexibility index (Phi) is 3.79. The van der Waals surface area contributed by atoms with Crippen LogP contribution in [0, 0.1) is 0 Å². The number of thiol groups is 1. The van der Waals surface area contributed by atoms with E-state index in [1.807, 2.05) is 65.7 Å². The maximum absolute atomic E-state index is 12.3. The molecule has 21 heavy (non-hydrogen) atoms. The normalized spacial score (nSPS) is 10.3. The number of para-hydroxylation sites is 2. The minimum absolute atomic E-state index is 0.129. The molecule has 0 N–H and O–H groups in total. The second-order valence-corrected chi connectivity index (χ2v) is 5.07. The van der Waals surface area contributed by atoms with Crippen molar-refractivity contribution in [3.8, 4) is 0 Å². The summed E-state index contributed by atoms with van der Waals surface area (Å²) < 4.78 is 1.57. The van der Waals surface area contributed by atoms with Gasteiger partial charge in [-0.3, -0.25) is 4.79 Å². The Balaban J connectivity index is 2.20. The Morgan fingerprint density at radius 2 is 1.33 bits per heavy atom. The Bertz CT molecular complexity index is 745. The molecule has 1 heterocycles. The Morgan fingerprint density at radius 3 is 1.81 bits per heavy atom. The summed E-state index contributed by atoms with van der Waals surface area (Å²) in [4.78, 5) is 13.0. The highest BCUT2D eigenvalue weighted by Gasteiger charge is 2.12. The number of anilines is 2. The standard InChI is InChI=1S/C17H14N2OS/c20-17-13-16(21)11-12-18(17)19(14-7-3-1-4-8-14)15-9-5-2-6-10-15/h1-13,21H. The number of rotatable bonds is 3. The van der Waals surface area contributed by atoms with Crippen LogP contribution >= 0.6 is 12.6 Å².